The molecule has 0 radical (unpaired) electrons. The standard InChI is InChI=1S/C44H49F3N6O5/c45-44(46,47)38-34(39(54)51-43(40(55)56)28-3-2-26-18-27(20-28)21-29(43)19-26)6-7-36(50-38)35-23-53(30-8-12-42(13-9-30)24-57-25-42)37-22-32(4-5-33(35)37)58-31-10-16-52(17-11-31)41-48-14-1-15-49-41/h1,4-7,14-15,22-23,26-31H,2-3,8-13,16-21,24-25H2,(H,51,54)(H,55,56). The highest BCUT2D eigenvalue weighted by Gasteiger charge is 2.60. The Morgan fingerprint density at radius 3 is 2.34 bits per heavy atom. The molecule has 306 valence electrons. The summed E-state index contributed by atoms with van der Waals surface area (Å²) in [5.74, 6) is -0.656. The van der Waals surface area contributed by atoms with Crippen molar-refractivity contribution in [3.05, 3.63) is 66.2 Å². The van der Waals surface area contributed by atoms with E-state index in [1.165, 1.54) is 12.1 Å². The maximum atomic E-state index is 15.0. The van der Waals surface area contributed by atoms with Crippen molar-refractivity contribution >= 4 is 28.7 Å². The van der Waals surface area contributed by atoms with Crippen LogP contribution in [0.15, 0.2) is 55.0 Å². The summed E-state index contributed by atoms with van der Waals surface area (Å²) < 4.78 is 59.3. The van der Waals surface area contributed by atoms with Gasteiger partial charge in [-0.1, -0.05) is 6.42 Å². The summed E-state index contributed by atoms with van der Waals surface area (Å²) in [5.41, 5.74) is -1.89. The van der Waals surface area contributed by atoms with Crippen LogP contribution in [0.2, 0.25) is 0 Å². The van der Waals surface area contributed by atoms with Crippen LogP contribution in [0.25, 0.3) is 22.2 Å². The minimum absolute atomic E-state index is 0.0216. The number of hydrogen-bond donors (Lipinski definition) is 2. The average molecular weight is 799 g/mol. The molecule has 5 aliphatic carbocycles. The van der Waals surface area contributed by atoms with Crippen molar-refractivity contribution in [1.82, 2.24) is 24.8 Å². The van der Waals surface area contributed by atoms with Gasteiger partial charge in [0.15, 0.2) is 5.69 Å². The Labute approximate surface area is 334 Å². The number of nitrogens with one attached hydrogen (secondary N) is 1. The largest absolute Gasteiger partial charge is 0.490 e. The molecule has 4 aromatic rings. The van der Waals surface area contributed by atoms with Crippen LogP contribution in [0.4, 0.5) is 19.1 Å². The van der Waals surface area contributed by atoms with Crippen molar-refractivity contribution in [2.75, 3.05) is 31.2 Å². The summed E-state index contributed by atoms with van der Waals surface area (Å²) in [6, 6.07) is 10.3. The Morgan fingerprint density at radius 2 is 1.64 bits per heavy atom. The van der Waals surface area contributed by atoms with Gasteiger partial charge in [0.2, 0.25) is 5.95 Å². The number of fused-ring (bicyclic) bond motifs is 2. The maximum Gasteiger partial charge on any atom is 0.434 e. The van der Waals surface area contributed by atoms with Crippen LogP contribution < -0.4 is 15.0 Å². The van der Waals surface area contributed by atoms with E-state index in [9.17, 15) is 14.7 Å². The lowest BCUT2D eigenvalue weighted by Gasteiger charge is -2.50. The van der Waals surface area contributed by atoms with E-state index in [1.807, 2.05) is 24.4 Å². The molecule has 14 heteroatoms. The summed E-state index contributed by atoms with van der Waals surface area (Å²) in [5, 5.41) is 14.2. The molecule has 1 amide bonds. The first-order valence-electron chi connectivity index (χ1n) is 21.0. The molecule has 5 atom stereocenters. The van der Waals surface area contributed by atoms with Gasteiger partial charge in [0.25, 0.3) is 5.91 Å². The smallest absolute Gasteiger partial charge is 0.434 e. The van der Waals surface area contributed by atoms with Gasteiger partial charge < -0.3 is 29.4 Å². The summed E-state index contributed by atoms with van der Waals surface area (Å²) in [6.45, 7) is 3.05. The number of halogens is 3. The van der Waals surface area contributed by atoms with Crippen LogP contribution in [0.5, 0.6) is 5.75 Å². The van der Waals surface area contributed by atoms with Gasteiger partial charge in [0, 0.05) is 73.0 Å². The SMILES string of the molecule is O=C(NC1(C(=O)O)C2CCC3CC(C2)CC1C3)c1ccc(-c2cn(C3CCC4(CC3)COC4)c3cc(OC4CCN(c5ncccn5)CC4)ccc23)nc1C(F)(F)F. The summed E-state index contributed by atoms with van der Waals surface area (Å²) in [4.78, 5) is 42.2. The van der Waals surface area contributed by atoms with Gasteiger partial charge in [-0.2, -0.15) is 13.2 Å². The van der Waals surface area contributed by atoms with Crippen molar-refractivity contribution in [2.45, 2.75) is 101 Å². The van der Waals surface area contributed by atoms with Crippen molar-refractivity contribution in [1.29, 1.82) is 0 Å². The molecule has 5 saturated carbocycles. The van der Waals surface area contributed by atoms with Crippen molar-refractivity contribution < 1.29 is 37.3 Å². The maximum absolute atomic E-state index is 15.0. The second-order valence-corrected chi connectivity index (χ2v) is 18.1. The molecule has 4 bridgehead atoms. The van der Waals surface area contributed by atoms with E-state index in [1.54, 1.807) is 18.5 Å². The van der Waals surface area contributed by atoms with Crippen LogP contribution >= 0.6 is 0 Å². The van der Waals surface area contributed by atoms with E-state index in [0.717, 1.165) is 88.6 Å². The lowest BCUT2D eigenvalue weighted by Crippen LogP contribution is -2.66. The molecule has 2 N–H and O–H groups in total. The lowest BCUT2D eigenvalue weighted by molar-refractivity contribution is -0.154. The van der Waals surface area contributed by atoms with E-state index < -0.39 is 34.8 Å². The number of anilines is 1. The fourth-order valence-corrected chi connectivity index (χ4v) is 11.7. The Bertz CT molecular complexity index is 2200. The number of amides is 1. The van der Waals surface area contributed by atoms with Gasteiger partial charge in [-0.15, -0.1) is 0 Å². The number of carboxylic acids is 1. The number of ether oxygens (including phenoxy) is 2. The molecule has 1 aromatic carbocycles. The normalized spacial score (nSPS) is 28.4. The number of carbonyl (C=O) groups excluding carboxylic acids is 1. The van der Waals surface area contributed by atoms with Crippen LogP contribution in [-0.2, 0) is 15.7 Å². The molecule has 3 aromatic heterocycles. The first-order valence-corrected chi connectivity index (χ1v) is 21.0. The number of aromatic nitrogens is 4. The number of carboxylic acid groups (broad SMARTS) is 1. The van der Waals surface area contributed by atoms with Gasteiger partial charge in [-0.25, -0.2) is 19.7 Å². The van der Waals surface area contributed by atoms with Crippen molar-refractivity contribution in [3.8, 4) is 17.0 Å². The number of aliphatic carboxylic acids is 1. The number of benzene rings is 1. The van der Waals surface area contributed by atoms with Gasteiger partial charge in [-0.05, 0) is 112 Å². The predicted molar refractivity (Wildman–Crippen MR) is 208 cm³/mol. The number of pyridine rings is 1. The van der Waals surface area contributed by atoms with E-state index >= 15 is 13.2 Å². The minimum atomic E-state index is -4.97. The molecule has 11 rings (SSSR count). The zero-order chi connectivity index (χ0) is 39.8. The minimum Gasteiger partial charge on any atom is -0.490 e. The molecule has 1 spiro atoms. The molecule has 2 aliphatic heterocycles. The van der Waals surface area contributed by atoms with Gasteiger partial charge >= 0.3 is 12.1 Å². The topological polar surface area (TPSA) is 132 Å². The molecule has 58 heavy (non-hydrogen) atoms. The number of piperidine rings is 1. The highest BCUT2D eigenvalue weighted by Crippen LogP contribution is 2.56. The van der Waals surface area contributed by atoms with Crippen LogP contribution in [0.1, 0.15) is 99.1 Å². The third kappa shape index (κ3) is 6.49. The van der Waals surface area contributed by atoms with E-state index in [2.05, 4.69) is 29.7 Å². The molecular weight excluding hydrogens is 750 g/mol. The third-order valence-corrected chi connectivity index (χ3v) is 14.7. The monoisotopic (exact) mass is 798 g/mol. The molecule has 11 nitrogen and oxygen atoms in total. The number of alkyl halides is 3. The predicted octanol–water partition coefficient (Wildman–Crippen LogP) is 8.09. The Kier molecular flexibility index (Phi) is 9.21. The lowest BCUT2D eigenvalue weighted by atomic mass is 9.58. The Hall–Kier alpha value is -4.72. The highest BCUT2D eigenvalue weighted by molar-refractivity contribution is 6.00. The zero-order valence-electron chi connectivity index (χ0n) is 32.4. The highest BCUT2D eigenvalue weighted by atomic mass is 19.4. The molecule has 7 fully saturated rings. The second kappa shape index (κ2) is 14.2. The molecule has 7 aliphatic rings. The summed E-state index contributed by atoms with van der Waals surface area (Å²) in [6.07, 6.45) is 10.4. The van der Waals surface area contributed by atoms with Gasteiger partial charge in [0.05, 0.1) is 30.0 Å². The molecule has 5 unspecified atom stereocenters. The quantitative estimate of drug-likeness (QED) is 0.182. The summed E-state index contributed by atoms with van der Waals surface area (Å²) >= 11 is 0. The van der Waals surface area contributed by atoms with Crippen LogP contribution in [0, 0.1) is 29.1 Å². The first-order chi connectivity index (χ1) is 28.0. The number of rotatable bonds is 8. The zero-order valence-corrected chi connectivity index (χ0v) is 32.4. The van der Waals surface area contributed by atoms with Gasteiger partial charge in [0.1, 0.15) is 17.4 Å². The second-order valence-electron chi connectivity index (χ2n) is 18.1. The Balaban J connectivity index is 0.966. The Morgan fingerprint density at radius 1 is 0.897 bits per heavy atom. The fourth-order valence-electron chi connectivity index (χ4n) is 11.7. The van der Waals surface area contributed by atoms with Crippen LogP contribution in [-0.4, -0.2) is 74.4 Å². The molecule has 2 saturated heterocycles. The first kappa shape index (κ1) is 37.5. The van der Waals surface area contributed by atoms with Crippen molar-refractivity contribution in [3.63, 3.8) is 0 Å². The van der Waals surface area contributed by atoms with Crippen molar-refractivity contribution in [2.24, 2.45) is 29.1 Å². The number of carbonyl (C=O) groups is 2. The summed E-state index contributed by atoms with van der Waals surface area (Å²) in [7, 11) is 0. The third-order valence-electron chi connectivity index (χ3n) is 14.7. The van der Waals surface area contributed by atoms with Crippen LogP contribution in [0.3, 0.4) is 0 Å². The molecular formula is C44H49F3N6O5. The number of nitrogens with zero attached hydrogens (tertiary/aromatic N) is 5. The van der Waals surface area contributed by atoms with Gasteiger partial charge in [-0.3, -0.25) is 4.79 Å². The van der Waals surface area contributed by atoms with E-state index in [4.69, 9.17) is 9.47 Å². The fraction of sp³-hybridized carbons (Fsp3) is 0.568. The number of hydrogen-bond acceptors (Lipinski definition) is 8. The van der Waals surface area contributed by atoms with E-state index in [-0.39, 0.29) is 35.1 Å². The molecule has 5 heterocycles. The van der Waals surface area contributed by atoms with E-state index in [0.29, 0.717) is 54.8 Å². The average Bonchev–Trinajstić information content (AvgIpc) is 3.47.